The van der Waals surface area contributed by atoms with Crippen LogP contribution in [0.4, 0.5) is 0 Å². The van der Waals surface area contributed by atoms with Crippen LogP contribution in [-0.4, -0.2) is 122 Å². The zero-order valence-electron chi connectivity index (χ0n) is 25.6. The molecule has 0 atom stereocenters. The van der Waals surface area contributed by atoms with Gasteiger partial charge in [0.1, 0.15) is 0 Å². The van der Waals surface area contributed by atoms with Gasteiger partial charge >= 0.3 is 0 Å². The molecule has 0 saturated carbocycles. The number of rotatable bonds is 26. The third-order valence-electron chi connectivity index (χ3n) is 7.63. The highest BCUT2D eigenvalue weighted by atomic mass is 16.5. The first-order valence-corrected chi connectivity index (χ1v) is 15.5. The first-order chi connectivity index (χ1) is 21.3. The van der Waals surface area contributed by atoms with Crippen molar-refractivity contribution in [2.45, 2.75) is 64.2 Å². The molecule has 2 aliphatic heterocycles. The Morgan fingerprint density at radius 2 is 1.25 bits per heavy atom. The topological polar surface area (TPSA) is 175 Å². The molecule has 0 unspecified atom stereocenters. The fourth-order valence-corrected chi connectivity index (χ4v) is 5.31. The van der Waals surface area contributed by atoms with Crippen molar-refractivity contribution >= 4 is 35.8 Å². The predicted molar refractivity (Wildman–Crippen MR) is 163 cm³/mol. The van der Waals surface area contributed by atoms with Crippen LogP contribution in [0.1, 0.15) is 64.2 Å². The molecule has 2 heterocycles. The van der Waals surface area contributed by atoms with Gasteiger partial charge < -0.3 is 25.0 Å². The predicted octanol–water partition coefficient (Wildman–Crippen LogP) is 0.929. The molecule has 13 nitrogen and oxygen atoms in total. The second-order valence-corrected chi connectivity index (χ2v) is 10.9. The number of imide groups is 2. The maximum absolute atomic E-state index is 12.0. The van der Waals surface area contributed by atoms with E-state index in [4.69, 9.17) is 9.47 Å². The first kappa shape index (κ1) is 36.9. The van der Waals surface area contributed by atoms with Crippen LogP contribution in [0.15, 0.2) is 29.3 Å². The number of carbonyl (C=O) groups excluding carboxylic acids is 5. The Labute approximate surface area is 259 Å². The summed E-state index contributed by atoms with van der Waals surface area (Å²) in [7, 11) is 0. The summed E-state index contributed by atoms with van der Waals surface area (Å²) in [4.78, 5) is 64.6. The minimum atomic E-state index is -0.405. The molecule has 0 aromatic carbocycles. The van der Waals surface area contributed by atoms with Gasteiger partial charge in [-0.1, -0.05) is 0 Å². The van der Waals surface area contributed by atoms with Crippen molar-refractivity contribution in [2.75, 3.05) is 65.8 Å². The number of carbonyl (C=O) groups is 5. The maximum atomic E-state index is 12.0. The van der Waals surface area contributed by atoms with Gasteiger partial charge in [-0.3, -0.25) is 38.8 Å². The van der Waals surface area contributed by atoms with Crippen LogP contribution in [0.2, 0.25) is 0 Å². The smallest absolute Gasteiger partial charge is 0.253 e. The number of ether oxygens (including phenoxy) is 2. The van der Waals surface area contributed by atoms with E-state index in [1.807, 2.05) is 0 Å². The minimum Gasteiger partial charge on any atom is -0.396 e. The second kappa shape index (κ2) is 21.4. The van der Waals surface area contributed by atoms with Crippen LogP contribution in [0.25, 0.3) is 0 Å². The lowest BCUT2D eigenvalue weighted by atomic mass is 9.72. The Kier molecular flexibility index (Phi) is 18.0. The Morgan fingerprint density at radius 3 is 1.80 bits per heavy atom. The van der Waals surface area contributed by atoms with Crippen LogP contribution < -0.4 is 5.32 Å². The highest BCUT2D eigenvalue weighted by molar-refractivity contribution is 6.13. The van der Waals surface area contributed by atoms with Crippen molar-refractivity contribution in [1.82, 2.24) is 15.1 Å². The van der Waals surface area contributed by atoms with Crippen LogP contribution >= 0.6 is 0 Å². The summed E-state index contributed by atoms with van der Waals surface area (Å²) in [5.41, 5.74) is -0.0385. The van der Waals surface area contributed by atoms with Crippen molar-refractivity contribution in [3.63, 3.8) is 0 Å². The van der Waals surface area contributed by atoms with Gasteiger partial charge in [0, 0.05) is 89.4 Å². The summed E-state index contributed by atoms with van der Waals surface area (Å²) < 4.78 is 11.5. The van der Waals surface area contributed by atoms with E-state index < -0.39 is 11.8 Å². The van der Waals surface area contributed by atoms with Crippen molar-refractivity contribution in [3.05, 3.63) is 24.3 Å². The lowest BCUT2D eigenvalue weighted by Gasteiger charge is -2.34. The van der Waals surface area contributed by atoms with Gasteiger partial charge in [0.25, 0.3) is 23.6 Å². The molecule has 3 N–H and O–H groups in total. The number of aliphatic hydroxyl groups excluding tert-OH is 2. The standard InChI is InChI=1S/C31H48N4O9/c36-20-1-11-31(12-2-21-37,13-3-22-43-24-16-32-15-5-18-34-27(39)6-7-28(34)40)14-4-23-44-25-17-33-26(38)10-19-35-29(41)8-9-30(35)42/h6-9,15,36-37H,1-5,10-14,16-25H2,(H,33,38). The number of hydrogen-bond donors (Lipinski definition) is 3. The quantitative estimate of drug-likeness (QED) is 0.0722. The van der Waals surface area contributed by atoms with E-state index in [0.717, 1.165) is 43.4 Å². The van der Waals surface area contributed by atoms with E-state index in [1.54, 1.807) is 6.21 Å². The van der Waals surface area contributed by atoms with Gasteiger partial charge in [0.15, 0.2) is 0 Å². The summed E-state index contributed by atoms with van der Waals surface area (Å²) in [6.45, 7) is 3.30. The molecule has 2 rings (SSSR count). The first-order valence-electron chi connectivity index (χ1n) is 15.5. The Morgan fingerprint density at radius 1 is 0.750 bits per heavy atom. The molecule has 0 bridgehead atoms. The normalized spacial score (nSPS) is 15.1. The number of amides is 5. The van der Waals surface area contributed by atoms with Crippen molar-refractivity contribution in [1.29, 1.82) is 0 Å². The van der Waals surface area contributed by atoms with E-state index in [0.29, 0.717) is 65.3 Å². The Balaban J connectivity index is 1.60. The number of hydrogen-bond acceptors (Lipinski definition) is 10. The molecule has 13 heteroatoms. The molecule has 2 aliphatic rings. The van der Waals surface area contributed by atoms with E-state index in [1.165, 1.54) is 29.2 Å². The van der Waals surface area contributed by atoms with Crippen molar-refractivity contribution in [2.24, 2.45) is 10.4 Å². The van der Waals surface area contributed by atoms with E-state index in [9.17, 15) is 34.2 Å². The minimum absolute atomic E-state index is 0.0385. The molecule has 0 saturated heterocycles. The molecular formula is C31H48N4O9. The fourth-order valence-electron chi connectivity index (χ4n) is 5.31. The summed E-state index contributed by atoms with van der Waals surface area (Å²) in [6.07, 6.45) is 13.6. The fraction of sp³-hybridized carbons (Fsp3) is 0.677. The molecule has 44 heavy (non-hydrogen) atoms. The van der Waals surface area contributed by atoms with Gasteiger partial charge in [0.05, 0.1) is 19.8 Å². The summed E-state index contributed by atoms with van der Waals surface area (Å²) >= 11 is 0. The van der Waals surface area contributed by atoms with E-state index >= 15 is 0 Å². The van der Waals surface area contributed by atoms with Gasteiger partial charge in [-0.25, -0.2) is 0 Å². The van der Waals surface area contributed by atoms with Crippen LogP contribution in [-0.2, 0) is 33.4 Å². The third-order valence-corrected chi connectivity index (χ3v) is 7.63. The summed E-state index contributed by atoms with van der Waals surface area (Å²) in [5.74, 6) is -1.65. The van der Waals surface area contributed by atoms with Gasteiger partial charge in [-0.15, -0.1) is 0 Å². The number of nitrogens with one attached hydrogen (secondary N) is 1. The summed E-state index contributed by atoms with van der Waals surface area (Å²) in [5, 5.41) is 21.7. The number of aliphatic hydroxyl groups is 2. The molecule has 0 fully saturated rings. The maximum Gasteiger partial charge on any atom is 0.253 e. The van der Waals surface area contributed by atoms with E-state index in [-0.39, 0.29) is 49.3 Å². The average Bonchev–Trinajstić information content (AvgIpc) is 3.51. The molecular weight excluding hydrogens is 572 g/mol. The highest BCUT2D eigenvalue weighted by Crippen LogP contribution is 2.39. The number of aliphatic imine (C=N–C) groups is 1. The molecule has 5 amide bonds. The highest BCUT2D eigenvalue weighted by Gasteiger charge is 2.28. The Bertz CT molecular complexity index is 984. The monoisotopic (exact) mass is 620 g/mol. The average molecular weight is 621 g/mol. The molecule has 246 valence electrons. The molecule has 0 spiro atoms. The zero-order chi connectivity index (χ0) is 32.0. The zero-order valence-corrected chi connectivity index (χ0v) is 25.6. The number of nitrogens with zero attached hydrogens (tertiary/aromatic N) is 3. The van der Waals surface area contributed by atoms with Gasteiger partial charge in [-0.05, 0) is 56.8 Å². The van der Waals surface area contributed by atoms with Crippen molar-refractivity contribution in [3.8, 4) is 0 Å². The van der Waals surface area contributed by atoms with Gasteiger partial charge in [-0.2, -0.15) is 0 Å². The molecule has 0 radical (unpaired) electrons. The SMILES string of the molecule is O=C(CCN1C(=O)C=CC1=O)NCCOCCCC(CCCO)(CCCO)CCCOCCN=CCCN1C(=O)C=CC1=O. The van der Waals surface area contributed by atoms with E-state index in [2.05, 4.69) is 10.3 Å². The van der Waals surface area contributed by atoms with Crippen LogP contribution in [0.3, 0.4) is 0 Å². The molecule has 0 aromatic heterocycles. The largest absolute Gasteiger partial charge is 0.396 e. The molecule has 0 aliphatic carbocycles. The van der Waals surface area contributed by atoms with Crippen molar-refractivity contribution < 1.29 is 43.7 Å². The third kappa shape index (κ3) is 14.0. The Hall–Kier alpha value is -3.26. The lowest BCUT2D eigenvalue weighted by molar-refractivity contribution is -0.138. The van der Waals surface area contributed by atoms with Gasteiger partial charge in [0.2, 0.25) is 5.91 Å². The summed E-state index contributed by atoms with van der Waals surface area (Å²) in [6, 6.07) is 0. The van der Waals surface area contributed by atoms with Crippen LogP contribution in [0.5, 0.6) is 0 Å². The van der Waals surface area contributed by atoms with Crippen LogP contribution in [0, 0.1) is 5.41 Å². The molecule has 0 aromatic rings. The lowest BCUT2D eigenvalue weighted by Crippen LogP contribution is -2.35. The second-order valence-electron chi connectivity index (χ2n) is 10.9.